The maximum Gasteiger partial charge on any atom is 0.274 e. The second kappa shape index (κ2) is 8.99. The highest BCUT2D eigenvalue weighted by Gasteiger charge is 2.29. The molecule has 166 valence electrons. The van der Waals surface area contributed by atoms with Gasteiger partial charge in [-0.15, -0.1) is 0 Å². The molecule has 1 heterocycles. The van der Waals surface area contributed by atoms with Crippen LogP contribution in [-0.4, -0.2) is 52.0 Å². The number of aryl methyl sites for hydroxylation is 1. The first-order chi connectivity index (χ1) is 15.4. The summed E-state index contributed by atoms with van der Waals surface area (Å²) in [7, 11) is 3.48. The number of hydrogen-bond acceptors (Lipinski definition) is 3. The van der Waals surface area contributed by atoms with Crippen LogP contribution in [0.5, 0.6) is 0 Å². The van der Waals surface area contributed by atoms with E-state index >= 15 is 0 Å². The SMILES string of the molecule is CCN(Cc1ccc(C(=O)N(C)C)cc1)C(=O)c1nn(-c2ccccc2C)c2c1CCC2. The van der Waals surface area contributed by atoms with E-state index in [9.17, 15) is 9.59 Å². The molecule has 6 nitrogen and oxygen atoms in total. The van der Waals surface area contributed by atoms with E-state index in [-0.39, 0.29) is 11.8 Å². The summed E-state index contributed by atoms with van der Waals surface area (Å²) in [6.45, 7) is 5.13. The van der Waals surface area contributed by atoms with Crippen molar-refractivity contribution in [3.8, 4) is 5.69 Å². The van der Waals surface area contributed by atoms with Crippen LogP contribution in [0.4, 0.5) is 0 Å². The van der Waals surface area contributed by atoms with Crippen LogP contribution in [0.25, 0.3) is 5.69 Å². The molecule has 2 aromatic carbocycles. The first-order valence-corrected chi connectivity index (χ1v) is 11.2. The van der Waals surface area contributed by atoms with Gasteiger partial charge in [-0.3, -0.25) is 9.59 Å². The van der Waals surface area contributed by atoms with Crippen LogP contribution in [0.15, 0.2) is 48.5 Å². The second-order valence-electron chi connectivity index (χ2n) is 8.54. The van der Waals surface area contributed by atoms with E-state index in [0.29, 0.717) is 24.3 Å². The zero-order valence-electron chi connectivity index (χ0n) is 19.3. The number of aromatic nitrogens is 2. The Morgan fingerprint density at radius 2 is 1.72 bits per heavy atom. The fourth-order valence-electron chi connectivity index (χ4n) is 4.32. The maximum absolute atomic E-state index is 13.5. The average molecular weight is 431 g/mol. The first-order valence-electron chi connectivity index (χ1n) is 11.2. The highest BCUT2D eigenvalue weighted by atomic mass is 16.2. The zero-order valence-corrected chi connectivity index (χ0v) is 19.3. The molecule has 0 spiro atoms. The van der Waals surface area contributed by atoms with Crippen molar-refractivity contribution in [2.45, 2.75) is 39.7 Å². The van der Waals surface area contributed by atoms with Crippen molar-refractivity contribution in [3.63, 3.8) is 0 Å². The third-order valence-corrected chi connectivity index (χ3v) is 6.13. The molecule has 0 saturated carbocycles. The first kappa shape index (κ1) is 21.8. The quantitative estimate of drug-likeness (QED) is 0.593. The van der Waals surface area contributed by atoms with Crippen LogP contribution in [0, 0.1) is 6.92 Å². The topological polar surface area (TPSA) is 58.4 Å². The monoisotopic (exact) mass is 430 g/mol. The van der Waals surface area contributed by atoms with Crippen LogP contribution < -0.4 is 0 Å². The third kappa shape index (κ3) is 4.05. The van der Waals surface area contributed by atoms with Crippen molar-refractivity contribution >= 4 is 11.8 Å². The van der Waals surface area contributed by atoms with E-state index < -0.39 is 0 Å². The Kier molecular flexibility index (Phi) is 6.12. The molecular weight excluding hydrogens is 400 g/mol. The minimum atomic E-state index is -0.0357. The van der Waals surface area contributed by atoms with Crippen molar-refractivity contribution in [2.75, 3.05) is 20.6 Å². The molecule has 32 heavy (non-hydrogen) atoms. The molecule has 0 unspecified atom stereocenters. The van der Waals surface area contributed by atoms with E-state index in [0.717, 1.165) is 47.3 Å². The van der Waals surface area contributed by atoms with Gasteiger partial charge in [0.2, 0.25) is 0 Å². The smallest absolute Gasteiger partial charge is 0.274 e. The van der Waals surface area contributed by atoms with Gasteiger partial charge < -0.3 is 9.80 Å². The number of fused-ring (bicyclic) bond motifs is 1. The molecular formula is C26H30N4O2. The van der Waals surface area contributed by atoms with Crippen molar-refractivity contribution in [3.05, 3.63) is 82.2 Å². The molecule has 3 aromatic rings. The van der Waals surface area contributed by atoms with E-state index in [1.807, 2.05) is 52.9 Å². The Morgan fingerprint density at radius 3 is 2.38 bits per heavy atom. The van der Waals surface area contributed by atoms with Gasteiger partial charge in [-0.25, -0.2) is 4.68 Å². The van der Waals surface area contributed by atoms with Crippen molar-refractivity contribution < 1.29 is 9.59 Å². The lowest BCUT2D eigenvalue weighted by Gasteiger charge is -2.21. The van der Waals surface area contributed by atoms with E-state index in [4.69, 9.17) is 5.10 Å². The van der Waals surface area contributed by atoms with E-state index in [1.54, 1.807) is 19.0 Å². The van der Waals surface area contributed by atoms with Gasteiger partial charge in [0.05, 0.1) is 5.69 Å². The number of amides is 2. The number of hydrogen-bond donors (Lipinski definition) is 0. The molecule has 0 atom stereocenters. The molecule has 0 saturated heterocycles. The van der Waals surface area contributed by atoms with Crippen LogP contribution in [0.2, 0.25) is 0 Å². The van der Waals surface area contributed by atoms with Crippen molar-refractivity contribution in [2.24, 2.45) is 0 Å². The molecule has 2 amide bonds. The Labute approximate surface area is 189 Å². The maximum atomic E-state index is 13.5. The van der Waals surface area contributed by atoms with Crippen LogP contribution in [0.3, 0.4) is 0 Å². The Hall–Kier alpha value is -3.41. The summed E-state index contributed by atoms with van der Waals surface area (Å²) in [5.74, 6) is -0.0660. The molecule has 4 rings (SSSR count). The third-order valence-electron chi connectivity index (χ3n) is 6.13. The lowest BCUT2D eigenvalue weighted by atomic mass is 10.1. The Balaban J connectivity index is 1.60. The average Bonchev–Trinajstić information content (AvgIpc) is 3.40. The zero-order chi connectivity index (χ0) is 22.8. The molecule has 1 aliphatic carbocycles. The normalized spacial score (nSPS) is 12.5. The van der Waals surface area contributed by atoms with Gasteiger partial charge in [-0.1, -0.05) is 30.3 Å². The predicted octanol–water partition coefficient (Wildman–Crippen LogP) is 4.03. The van der Waals surface area contributed by atoms with Gasteiger partial charge in [0.25, 0.3) is 11.8 Å². The molecule has 6 heteroatoms. The molecule has 0 bridgehead atoms. The largest absolute Gasteiger partial charge is 0.345 e. The van der Waals surface area contributed by atoms with Crippen molar-refractivity contribution in [1.82, 2.24) is 19.6 Å². The minimum absolute atomic E-state index is 0.0303. The Morgan fingerprint density at radius 1 is 1.00 bits per heavy atom. The highest BCUT2D eigenvalue weighted by molar-refractivity contribution is 5.95. The molecule has 1 aromatic heterocycles. The number of carbonyl (C=O) groups excluding carboxylic acids is 2. The summed E-state index contributed by atoms with van der Waals surface area (Å²) >= 11 is 0. The van der Waals surface area contributed by atoms with Crippen LogP contribution >= 0.6 is 0 Å². The number of benzene rings is 2. The van der Waals surface area contributed by atoms with Gasteiger partial charge in [-0.2, -0.15) is 5.10 Å². The van der Waals surface area contributed by atoms with Gasteiger partial charge >= 0.3 is 0 Å². The van der Waals surface area contributed by atoms with Gasteiger partial charge in [0.1, 0.15) is 0 Å². The number of carbonyl (C=O) groups is 2. The van der Waals surface area contributed by atoms with Gasteiger partial charge in [0, 0.05) is 44.0 Å². The van der Waals surface area contributed by atoms with Crippen LogP contribution in [-0.2, 0) is 19.4 Å². The summed E-state index contributed by atoms with van der Waals surface area (Å²) in [4.78, 5) is 29.0. The van der Waals surface area contributed by atoms with E-state index in [2.05, 4.69) is 19.1 Å². The molecule has 0 N–H and O–H groups in total. The Bertz CT molecular complexity index is 1150. The lowest BCUT2D eigenvalue weighted by molar-refractivity contribution is 0.0744. The second-order valence-corrected chi connectivity index (χ2v) is 8.54. The molecule has 0 radical (unpaired) electrons. The number of nitrogens with zero attached hydrogens (tertiary/aromatic N) is 4. The predicted molar refractivity (Wildman–Crippen MR) is 125 cm³/mol. The fourth-order valence-corrected chi connectivity index (χ4v) is 4.32. The molecule has 0 aliphatic heterocycles. The molecule has 1 aliphatic rings. The summed E-state index contributed by atoms with van der Waals surface area (Å²) < 4.78 is 1.97. The van der Waals surface area contributed by atoms with E-state index in [1.165, 1.54) is 0 Å². The summed E-state index contributed by atoms with van der Waals surface area (Å²) in [5, 5.41) is 4.81. The van der Waals surface area contributed by atoms with Crippen LogP contribution in [0.1, 0.15) is 56.6 Å². The highest BCUT2D eigenvalue weighted by Crippen LogP contribution is 2.29. The van der Waals surface area contributed by atoms with Crippen molar-refractivity contribution in [1.29, 1.82) is 0 Å². The minimum Gasteiger partial charge on any atom is -0.345 e. The standard InChI is InChI=1S/C26H30N4O2/c1-5-29(17-19-13-15-20(16-14-19)25(31)28(3)4)26(32)24-21-10-8-12-23(21)30(27-24)22-11-7-6-9-18(22)2/h6-7,9,11,13-16H,5,8,10,12,17H2,1-4H3. The number of para-hydroxylation sites is 1. The summed E-state index contributed by atoms with van der Waals surface area (Å²) in [6.07, 6.45) is 2.88. The lowest BCUT2D eigenvalue weighted by Crippen LogP contribution is -2.31. The summed E-state index contributed by atoms with van der Waals surface area (Å²) in [5.41, 5.74) is 6.63. The molecule has 0 fully saturated rings. The van der Waals surface area contributed by atoms with Gasteiger partial charge in [-0.05, 0) is 62.4 Å². The summed E-state index contributed by atoms with van der Waals surface area (Å²) in [6, 6.07) is 15.6. The fraction of sp³-hybridized carbons (Fsp3) is 0.346. The number of rotatable bonds is 6. The van der Waals surface area contributed by atoms with Gasteiger partial charge in [0.15, 0.2) is 5.69 Å².